The molecule has 0 unspecified atom stereocenters. The molecule has 0 saturated heterocycles. The molecular formula is C15H14N3O3. The largest absolute Gasteiger partial charge is 0.351 e. The highest BCUT2D eigenvalue weighted by Gasteiger charge is 2.23. The minimum Gasteiger partial charge on any atom is -0.351 e. The molecule has 2 amide bonds. The summed E-state index contributed by atoms with van der Waals surface area (Å²) < 4.78 is 0. The van der Waals surface area contributed by atoms with Crippen molar-refractivity contribution in [2.75, 3.05) is 4.90 Å². The fourth-order valence-corrected chi connectivity index (χ4v) is 2.00. The first-order chi connectivity index (χ1) is 10.0. The van der Waals surface area contributed by atoms with E-state index in [1.807, 2.05) is 0 Å². The lowest BCUT2D eigenvalue weighted by Gasteiger charge is -2.20. The van der Waals surface area contributed by atoms with Crippen LogP contribution in [-0.4, -0.2) is 11.0 Å². The number of hydrogen-bond acceptors (Lipinski definition) is 3. The van der Waals surface area contributed by atoms with Gasteiger partial charge < -0.3 is 5.73 Å². The quantitative estimate of drug-likeness (QED) is 0.690. The number of nitrogens with zero attached hydrogens (tertiary/aromatic N) is 2. The van der Waals surface area contributed by atoms with Crippen LogP contribution in [0.3, 0.4) is 0 Å². The Balaban J connectivity index is 2.53. The number of nitro groups is 1. The Morgan fingerprint density at radius 2 is 1.81 bits per heavy atom. The van der Waals surface area contributed by atoms with Crippen molar-refractivity contribution in [3.05, 3.63) is 71.1 Å². The molecule has 0 atom stereocenters. The Morgan fingerprint density at radius 1 is 1.19 bits per heavy atom. The second kappa shape index (κ2) is 6.04. The van der Waals surface area contributed by atoms with Crippen LogP contribution in [0.5, 0.6) is 0 Å². The Bertz CT molecular complexity index is 668. The average molecular weight is 284 g/mol. The van der Waals surface area contributed by atoms with E-state index < -0.39 is 11.0 Å². The van der Waals surface area contributed by atoms with E-state index in [2.05, 4.69) is 6.92 Å². The molecule has 1 radical (unpaired) electrons. The zero-order chi connectivity index (χ0) is 15.4. The lowest BCUT2D eigenvalue weighted by molar-refractivity contribution is -0.384. The number of carbonyl (C=O) groups excluding carboxylic acids is 1. The second-order valence-electron chi connectivity index (χ2n) is 4.34. The summed E-state index contributed by atoms with van der Waals surface area (Å²) in [4.78, 5) is 23.4. The lowest BCUT2D eigenvalue weighted by Crippen LogP contribution is -2.31. The monoisotopic (exact) mass is 284 g/mol. The molecule has 0 bridgehead atoms. The summed E-state index contributed by atoms with van der Waals surface area (Å²) in [6.07, 6.45) is 0.613. The number of urea groups is 1. The normalized spacial score (nSPS) is 10.1. The highest BCUT2D eigenvalue weighted by atomic mass is 16.6. The van der Waals surface area contributed by atoms with Gasteiger partial charge in [-0.25, -0.2) is 4.79 Å². The van der Waals surface area contributed by atoms with Gasteiger partial charge in [0.25, 0.3) is 5.69 Å². The summed E-state index contributed by atoms with van der Waals surface area (Å²) in [5, 5.41) is 11.1. The van der Waals surface area contributed by atoms with Crippen LogP contribution in [-0.2, 0) is 6.42 Å². The Morgan fingerprint density at radius 3 is 2.33 bits per heavy atom. The SMILES string of the molecule is [CH2]Cc1ccc(N(C(N)=O)c2ccccc2[N+](=O)[O-])cc1. The molecule has 0 heterocycles. The van der Waals surface area contributed by atoms with Crippen LogP contribution in [0.25, 0.3) is 0 Å². The third-order valence-electron chi connectivity index (χ3n) is 3.02. The number of amides is 2. The predicted molar refractivity (Wildman–Crippen MR) is 80.3 cm³/mol. The highest BCUT2D eigenvalue weighted by Crippen LogP contribution is 2.33. The number of para-hydroxylation sites is 2. The van der Waals surface area contributed by atoms with Gasteiger partial charge in [0.1, 0.15) is 5.69 Å². The highest BCUT2D eigenvalue weighted by molar-refractivity contribution is 6.00. The van der Waals surface area contributed by atoms with Crippen molar-refractivity contribution < 1.29 is 9.72 Å². The van der Waals surface area contributed by atoms with Crippen molar-refractivity contribution in [1.29, 1.82) is 0 Å². The van der Waals surface area contributed by atoms with E-state index in [0.29, 0.717) is 12.1 Å². The Kier molecular flexibility index (Phi) is 4.18. The summed E-state index contributed by atoms with van der Waals surface area (Å²) in [7, 11) is 0. The smallest absolute Gasteiger partial charge is 0.324 e. The van der Waals surface area contributed by atoms with Crippen LogP contribution in [0.1, 0.15) is 5.56 Å². The van der Waals surface area contributed by atoms with Crippen LogP contribution in [0, 0.1) is 17.0 Å². The van der Waals surface area contributed by atoms with Crippen molar-refractivity contribution >= 4 is 23.1 Å². The minimum atomic E-state index is -0.785. The second-order valence-corrected chi connectivity index (χ2v) is 4.34. The predicted octanol–water partition coefficient (Wildman–Crippen LogP) is 3.19. The van der Waals surface area contributed by atoms with E-state index in [1.165, 1.54) is 18.2 Å². The first kappa shape index (κ1) is 14.5. The first-order valence-corrected chi connectivity index (χ1v) is 6.25. The molecule has 21 heavy (non-hydrogen) atoms. The fourth-order valence-electron chi connectivity index (χ4n) is 2.00. The molecule has 6 heteroatoms. The molecule has 0 aliphatic carbocycles. The fraction of sp³-hybridized carbons (Fsp3) is 0.0667. The first-order valence-electron chi connectivity index (χ1n) is 6.25. The van der Waals surface area contributed by atoms with Crippen molar-refractivity contribution in [3.8, 4) is 0 Å². The molecular weight excluding hydrogens is 270 g/mol. The zero-order valence-corrected chi connectivity index (χ0v) is 11.2. The van der Waals surface area contributed by atoms with Gasteiger partial charge in [0.05, 0.1) is 10.6 Å². The number of nitrogens with two attached hydrogens (primary N) is 1. The van der Waals surface area contributed by atoms with Gasteiger partial charge in [-0.1, -0.05) is 24.3 Å². The molecule has 0 spiro atoms. The van der Waals surface area contributed by atoms with E-state index in [9.17, 15) is 14.9 Å². The molecule has 2 N–H and O–H groups in total. The number of anilines is 2. The third-order valence-corrected chi connectivity index (χ3v) is 3.02. The maximum Gasteiger partial charge on any atom is 0.324 e. The van der Waals surface area contributed by atoms with Gasteiger partial charge in [-0.3, -0.25) is 15.0 Å². The van der Waals surface area contributed by atoms with E-state index in [0.717, 1.165) is 10.5 Å². The maximum absolute atomic E-state index is 11.7. The molecule has 2 rings (SSSR count). The van der Waals surface area contributed by atoms with E-state index in [4.69, 9.17) is 5.73 Å². The van der Waals surface area contributed by atoms with Gasteiger partial charge in [0.15, 0.2) is 0 Å². The number of benzene rings is 2. The molecule has 0 aliphatic heterocycles. The van der Waals surface area contributed by atoms with Crippen molar-refractivity contribution in [2.45, 2.75) is 6.42 Å². The topological polar surface area (TPSA) is 89.5 Å². The molecule has 2 aromatic carbocycles. The van der Waals surface area contributed by atoms with Gasteiger partial charge in [-0.15, -0.1) is 0 Å². The van der Waals surface area contributed by atoms with Gasteiger partial charge in [0, 0.05) is 6.07 Å². The summed E-state index contributed by atoms with van der Waals surface area (Å²) in [5.41, 5.74) is 6.80. The lowest BCUT2D eigenvalue weighted by atomic mass is 10.1. The molecule has 0 aromatic heterocycles. The summed E-state index contributed by atoms with van der Waals surface area (Å²) >= 11 is 0. The number of rotatable bonds is 4. The van der Waals surface area contributed by atoms with Gasteiger partial charge in [-0.2, -0.15) is 0 Å². The summed E-state index contributed by atoms with van der Waals surface area (Å²) in [6.45, 7) is 3.77. The Hall–Kier alpha value is -2.89. The third kappa shape index (κ3) is 3.00. The van der Waals surface area contributed by atoms with Crippen molar-refractivity contribution in [2.24, 2.45) is 5.73 Å². The average Bonchev–Trinajstić information content (AvgIpc) is 2.48. The van der Waals surface area contributed by atoms with Crippen LogP contribution in [0.2, 0.25) is 0 Å². The molecule has 2 aromatic rings. The van der Waals surface area contributed by atoms with Crippen LogP contribution >= 0.6 is 0 Å². The van der Waals surface area contributed by atoms with Gasteiger partial charge in [0.2, 0.25) is 0 Å². The molecule has 0 aliphatic rings. The van der Waals surface area contributed by atoms with Crippen molar-refractivity contribution in [3.63, 3.8) is 0 Å². The number of nitro benzene ring substituents is 1. The standard InChI is InChI=1S/C15H14N3O3/c1-2-11-7-9-12(10-8-11)17(15(16)19)13-5-3-4-6-14(13)18(20)21/h3-10H,1-2H2,(H2,16,19). The Labute approximate surface area is 121 Å². The van der Waals surface area contributed by atoms with Crippen LogP contribution in [0.4, 0.5) is 21.9 Å². The summed E-state index contributed by atoms with van der Waals surface area (Å²) in [5.74, 6) is 0. The van der Waals surface area contributed by atoms with Crippen LogP contribution < -0.4 is 10.6 Å². The van der Waals surface area contributed by atoms with E-state index in [1.54, 1.807) is 30.3 Å². The molecule has 6 nitrogen and oxygen atoms in total. The maximum atomic E-state index is 11.7. The zero-order valence-electron chi connectivity index (χ0n) is 11.2. The number of primary amides is 1. The van der Waals surface area contributed by atoms with E-state index in [-0.39, 0.29) is 11.4 Å². The number of hydrogen-bond donors (Lipinski definition) is 1. The van der Waals surface area contributed by atoms with Crippen molar-refractivity contribution in [1.82, 2.24) is 0 Å². The molecule has 0 fully saturated rings. The minimum absolute atomic E-state index is 0.136. The van der Waals surface area contributed by atoms with Gasteiger partial charge in [-0.05, 0) is 37.1 Å². The number of carbonyl (C=O) groups is 1. The van der Waals surface area contributed by atoms with Gasteiger partial charge >= 0.3 is 6.03 Å². The summed E-state index contributed by atoms with van der Waals surface area (Å²) in [6, 6.07) is 12.1. The van der Waals surface area contributed by atoms with E-state index >= 15 is 0 Å². The van der Waals surface area contributed by atoms with Crippen LogP contribution in [0.15, 0.2) is 48.5 Å². The molecule has 107 valence electrons. The molecule has 0 saturated carbocycles.